The monoisotopic (exact) mass is 344 g/mol. The van der Waals surface area contributed by atoms with Gasteiger partial charge in [-0.3, -0.25) is 0 Å². The molecule has 0 aliphatic rings. The normalized spacial score (nSPS) is 10.7. The molecular weight excluding hydrogens is 334 g/mol. The molecule has 0 amide bonds. The third kappa shape index (κ3) is 4.21. The van der Waals surface area contributed by atoms with Crippen LogP contribution in [0.2, 0.25) is 0 Å². The highest BCUT2D eigenvalue weighted by atomic mass is 79.9. The zero-order chi connectivity index (χ0) is 13.7. The summed E-state index contributed by atoms with van der Waals surface area (Å²) in [5.41, 5.74) is 1.13. The van der Waals surface area contributed by atoms with Gasteiger partial charge in [0.05, 0.1) is 9.37 Å². The van der Waals surface area contributed by atoms with Gasteiger partial charge in [-0.1, -0.05) is 36.4 Å². The summed E-state index contributed by atoms with van der Waals surface area (Å²) in [6.07, 6.45) is 0. The molecular formula is C14H11BrF2OS. The summed E-state index contributed by atoms with van der Waals surface area (Å²) >= 11 is 4.70. The van der Waals surface area contributed by atoms with Crippen molar-refractivity contribution in [3.8, 4) is 5.75 Å². The lowest BCUT2D eigenvalue weighted by Gasteiger charge is -2.12. The smallest absolute Gasteiger partial charge is 0.387 e. The predicted octanol–water partition coefficient (Wildman–Crippen LogP) is 5.34. The molecule has 2 aromatic rings. The predicted molar refractivity (Wildman–Crippen MR) is 76.8 cm³/mol. The first-order valence-corrected chi connectivity index (χ1v) is 7.34. The van der Waals surface area contributed by atoms with Gasteiger partial charge in [-0.15, -0.1) is 11.8 Å². The fraction of sp³-hybridized carbons (Fsp3) is 0.143. The highest BCUT2D eigenvalue weighted by Gasteiger charge is 2.13. The summed E-state index contributed by atoms with van der Waals surface area (Å²) in [6, 6.07) is 15.1. The van der Waals surface area contributed by atoms with Crippen molar-refractivity contribution < 1.29 is 13.5 Å². The van der Waals surface area contributed by atoms with E-state index >= 15 is 0 Å². The fourth-order valence-corrected chi connectivity index (χ4v) is 3.11. The Labute approximate surface area is 123 Å². The van der Waals surface area contributed by atoms with Crippen molar-refractivity contribution in [1.29, 1.82) is 0 Å². The molecule has 0 aromatic heterocycles. The second-order valence-electron chi connectivity index (χ2n) is 3.72. The van der Waals surface area contributed by atoms with Crippen LogP contribution in [0.4, 0.5) is 8.78 Å². The number of alkyl halides is 2. The molecule has 0 aliphatic heterocycles. The van der Waals surface area contributed by atoms with Crippen molar-refractivity contribution in [3.63, 3.8) is 0 Å². The number of para-hydroxylation sites is 1. The van der Waals surface area contributed by atoms with Crippen LogP contribution in [0, 0.1) is 0 Å². The first-order chi connectivity index (χ1) is 9.16. The van der Waals surface area contributed by atoms with Gasteiger partial charge < -0.3 is 4.74 Å². The van der Waals surface area contributed by atoms with Crippen molar-refractivity contribution in [3.05, 3.63) is 58.6 Å². The molecule has 0 saturated heterocycles. The van der Waals surface area contributed by atoms with Gasteiger partial charge in [0.15, 0.2) is 5.75 Å². The van der Waals surface area contributed by atoms with Crippen LogP contribution in [-0.2, 0) is 5.75 Å². The van der Waals surface area contributed by atoms with Gasteiger partial charge in [0.2, 0.25) is 0 Å². The van der Waals surface area contributed by atoms with Crippen molar-refractivity contribution in [2.75, 3.05) is 0 Å². The summed E-state index contributed by atoms with van der Waals surface area (Å²) < 4.78 is 29.9. The van der Waals surface area contributed by atoms with Crippen molar-refractivity contribution in [1.82, 2.24) is 0 Å². The SMILES string of the molecule is FC(F)Oc1c(Br)cccc1SCc1ccccc1. The van der Waals surface area contributed by atoms with Crippen LogP contribution < -0.4 is 4.74 Å². The zero-order valence-electron chi connectivity index (χ0n) is 9.85. The topological polar surface area (TPSA) is 9.23 Å². The maximum absolute atomic E-state index is 12.4. The van der Waals surface area contributed by atoms with Crippen LogP contribution in [0.15, 0.2) is 57.9 Å². The Morgan fingerprint density at radius 2 is 1.79 bits per heavy atom. The number of ether oxygens (including phenoxy) is 1. The minimum absolute atomic E-state index is 0.193. The summed E-state index contributed by atoms with van der Waals surface area (Å²) in [5, 5.41) is 0. The second kappa shape index (κ2) is 6.91. The maximum Gasteiger partial charge on any atom is 0.387 e. The van der Waals surface area contributed by atoms with Gasteiger partial charge in [-0.25, -0.2) is 0 Å². The van der Waals surface area contributed by atoms with Crippen LogP contribution in [-0.4, -0.2) is 6.61 Å². The van der Waals surface area contributed by atoms with Gasteiger partial charge in [0.25, 0.3) is 0 Å². The molecule has 0 aliphatic carbocycles. The van der Waals surface area contributed by atoms with E-state index in [0.717, 1.165) is 5.56 Å². The fourth-order valence-electron chi connectivity index (χ4n) is 1.54. The number of hydrogen-bond donors (Lipinski definition) is 0. The Balaban J connectivity index is 2.13. The molecule has 0 atom stereocenters. The van der Waals surface area contributed by atoms with E-state index in [0.29, 0.717) is 15.1 Å². The van der Waals surface area contributed by atoms with Gasteiger partial charge in [-0.2, -0.15) is 8.78 Å². The Morgan fingerprint density at radius 1 is 1.05 bits per heavy atom. The molecule has 1 nitrogen and oxygen atoms in total. The summed E-state index contributed by atoms with van der Waals surface area (Å²) in [4.78, 5) is 0.693. The largest absolute Gasteiger partial charge is 0.432 e. The molecule has 0 spiro atoms. The van der Waals surface area contributed by atoms with Crippen LogP contribution >= 0.6 is 27.7 Å². The Bertz CT molecular complexity index is 534. The molecule has 0 N–H and O–H groups in total. The third-order valence-corrected chi connectivity index (χ3v) is 4.11. The van der Waals surface area contributed by atoms with E-state index in [2.05, 4.69) is 20.7 Å². The van der Waals surface area contributed by atoms with Gasteiger partial charge in [-0.05, 0) is 33.6 Å². The number of halogens is 3. The van der Waals surface area contributed by atoms with Crippen LogP contribution in [0.25, 0.3) is 0 Å². The molecule has 2 rings (SSSR count). The molecule has 0 heterocycles. The molecule has 0 saturated carbocycles. The standard InChI is InChI=1S/C14H11BrF2OS/c15-11-7-4-8-12(13(11)18-14(16)17)19-9-10-5-2-1-3-6-10/h1-8,14H,9H2. The van der Waals surface area contributed by atoms with E-state index in [4.69, 9.17) is 0 Å². The highest BCUT2D eigenvalue weighted by Crippen LogP contribution is 2.38. The number of rotatable bonds is 5. The van der Waals surface area contributed by atoms with Crippen molar-refractivity contribution in [2.24, 2.45) is 0 Å². The number of hydrogen-bond acceptors (Lipinski definition) is 2. The number of benzene rings is 2. The lowest BCUT2D eigenvalue weighted by atomic mass is 10.2. The Kier molecular flexibility index (Phi) is 5.22. The first kappa shape index (κ1) is 14.3. The van der Waals surface area contributed by atoms with E-state index in [1.165, 1.54) is 11.8 Å². The van der Waals surface area contributed by atoms with E-state index in [-0.39, 0.29) is 5.75 Å². The highest BCUT2D eigenvalue weighted by molar-refractivity contribution is 9.10. The van der Waals surface area contributed by atoms with E-state index in [1.54, 1.807) is 18.2 Å². The molecule has 100 valence electrons. The summed E-state index contributed by atoms with van der Waals surface area (Å²) in [5.74, 6) is 0.898. The molecule has 0 unspecified atom stereocenters. The molecule has 0 fully saturated rings. The van der Waals surface area contributed by atoms with Gasteiger partial charge >= 0.3 is 6.61 Å². The minimum atomic E-state index is -2.82. The molecule has 2 aromatic carbocycles. The Hall–Kier alpha value is -1.07. The van der Waals surface area contributed by atoms with Gasteiger partial charge in [0.1, 0.15) is 0 Å². The average molecular weight is 345 g/mol. The van der Waals surface area contributed by atoms with E-state index in [9.17, 15) is 8.78 Å². The summed E-state index contributed by atoms with van der Waals surface area (Å²) in [7, 11) is 0. The molecule has 19 heavy (non-hydrogen) atoms. The Morgan fingerprint density at radius 3 is 2.47 bits per heavy atom. The van der Waals surface area contributed by atoms with Crippen LogP contribution in [0.1, 0.15) is 5.56 Å². The zero-order valence-corrected chi connectivity index (χ0v) is 12.3. The average Bonchev–Trinajstić information content (AvgIpc) is 2.40. The van der Waals surface area contributed by atoms with Crippen LogP contribution in [0.5, 0.6) is 5.75 Å². The molecule has 0 bridgehead atoms. The van der Waals surface area contributed by atoms with E-state index < -0.39 is 6.61 Å². The van der Waals surface area contributed by atoms with Crippen LogP contribution in [0.3, 0.4) is 0 Å². The second-order valence-corrected chi connectivity index (χ2v) is 5.59. The van der Waals surface area contributed by atoms with Crippen molar-refractivity contribution in [2.45, 2.75) is 17.3 Å². The molecule has 5 heteroatoms. The van der Waals surface area contributed by atoms with E-state index in [1.807, 2.05) is 30.3 Å². The van der Waals surface area contributed by atoms with Crippen molar-refractivity contribution >= 4 is 27.7 Å². The number of thioether (sulfide) groups is 1. The maximum atomic E-state index is 12.4. The lowest BCUT2D eigenvalue weighted by Crippen LogP contribution is -2.03. The third-order valence-electron chi connectivity index (χ3n) is 2.37. The molecule has 0 radical (unpaired) electrons. The summed E-state index contributed by atoms with van der Waals surface area (Å²) in [6.45, 7) is -2.82. The minimum Gasteiger partial charge on any atom is -0.432 e. The first-order valence-electron chi connectivity index (χ1n) is 5.57. The lowest BCUT2D eigenvalue weighted by molar-refractivity contribution is -0.0521. The van der Waals surface area contributed by atoms with Gasteiger partial charge in [0, 0.05) is 5.75 Å². The quantitative estimate of drug-likeness (QED) is 0.676.